The van der Waals surface area contributed by atoms with Crippen molar-refractivity contribution in [2.45, 2.75) is 76.2 Å². The van der Waals surface area contributed by atoms with Gasteiger partial charge in [-0.05, 0) is 50.0 Å². The van der Waals surface area contributed by atoms with Gasteiger partial charge in [-0.25, -0.2) is 0 Å². The molecule has 5 nitrogen and oxygen atoms in total. The molecule has 1 aromatic rings. The summed E-state index contributed by atoms with van der Waals surface area (Å²) in [6, 6.07) is 10.1. The summed E-state index contributed by atoms with van der Waals surface area (Å²) in [5.74, 6) is 0.573. The maximum atomic E-state index is 13.5. The molecule has 4 rings (SSSR count). The van der Waals surface area contributed by atoms with Gasteiger partial charge in [-0.2, -0.15) is 0 Å². The van der Waals surface area contributed by atoms with Gasteiger partial charge in [0.2, 0.25) is 5.91 Å². The second kappa shape index (κ2) is 8.13. The molecular weight excluding hydrogens is 354 g/mol. The summed E-state index contributed by atoms with van der Waals surface area (Å²) in [4.78, 5) is 15.6. The first-order valence-electron chi connectivity index (χ1n) is 10.8. The maximum Gasteiger partial charge on any atom is 0.223 e. The number of carbonyl (C=O) groups excluding carboxylic acids is 1. The van der Waals surface area contributed by atoms with Crippen LogP contribution in [0.25, 0.3) is 0 Å². The molecule has 0 unspecified atom stereocenters. The number of nitrogens with zero attached hydrogens (tertiary/aromatic N) is 1. The van der Waals surface area contributed by atoms with Crippen molar-refractivity contribution in [3.05, 3.63) is 35.9 Å². The smallest absolute Gasteiger partial charge is 0.223 e. The van der Waals surface area contributed by atoms with Gasteiger partial charge in [-0.15, -0.1) is 0 Å². The molecule has 2 N–H and O–H groups in total. The topological polar surface area (TPSA) is 70.0 Å². The summed E-state index contributed by atoms with van der Waals surface area (Å²) in [6.07, 6.45) is 3.90. The zero-order chi connectivity index (χ0) is 19.7. The Morgan fingerprint density at radius 1 is 1.14 bits per heavy atom. The molecule has 2 heterocycles. The van der Waals surface area contributed by atoms with E-state index < -0.39 is 17.6 Å². The zero-order valence-electron chi connectivity index (χ0n) is 16.8. The highest BCUT2D eigenvalue weighted by Gasteiger charge is 2.56. The number of aliphatic hydroxyl groups is 2. The number of ether oxygens (including phenoxy) is 1. The lowest BCUT2D eigenvalue weighted by Gasteiger charge is -2.39. The number of fused-ring (bicyclic) bond motifs is 1. The average Bonchev–Trinajstić information content (AvgIpc) is 2.97. The summed E-state index contributed by atoms with van der Waals surface area (Å²) < 4.78 is 5.46. The lowest BCUT2D eigenvalue weighted by molar-refractivity contribution is -0.138. The van der Waals surface area contributed by atoms with Crippen LogP contribution in [0.5, 0.6) is 0 Å². The van der Waals surface area contributed by atoms with Gasteiger partial charge in [0.1, 0.15) is 0 Å². The standard InChI is InChI=1S/C23H33NO4/c1-23-15-18(17-6-3-2-4-7-17)24(20(23)9-5-8-19(25)22(23)27)21(26)14-16-10-12-28-13-11-16/h2-4,6-7,16,18-20,22,25,27H,5,8-15H2,1H3/t18-,19-,20-,22+,23-/m1/s1. The van der Waals surface area contributed by atoms with Crippen molar-refractivity contribution in [1.82, 2.24) is 4.90 Å². The van der Waals surface area contributed by atoms with Gasteiger partial charge >= 0.3 is 0 Å². The number of hydrogen-bond acceptors (Lipinski definition) is 4. The summed E-state index contributed by atoms with van der Waals surface area (Å²) >= 11 is 0. The fourth-order valence-corrected chi connectivity index (χ4v) is 5.69. The predicted molar refractivity (Wildman–Crippen MR) is 107 cm³/mol. The van der Waals surface area contributed by atoms with Crippen molar-refractivity contribution < 1.29 is 19.7 Å². The summed E-state index contributed by atoms with van der Waals surface area (Å²) in [5.41, 5.74) is 0.640. The van der Waals surface area contributed by atoms with Crippen LogP contribution in [0.4, 0.5) is 0 Å². The first kappa shape index (κ1) is 19.9. The van der Waals surface area contributed by atoms with E-state index in [0.717, 1.165) is 44.5 Å². The summed E-state index contributed by atoms with van der Waals surface area (Å²) in [7, 11) is 0. The second-order valence-electron chi connectivity index (χ2n) is 9.16. The van der Waals surface area contributed by atoms with Crippen molar-refractivity contribution in [1.29, 1.82) is 0 Å². The largest absolute Gasteiger partial charge is 0.390 e. The molecule has 154 valence electrons. The Kier molecular flexibility index (Phi) is 5.77. The number of rotatable bonds is 3. The Balaban J connectivity index is 1.65. The Hall–Kier alpha value is -1.43. The van der Waals surface area contributed by atoms with Crippen molar-refractivity contribution in [3.8, 4) is 0 Å². The fourth-order valence-electron chi connectivity index (χ4n) is 5.69. The van der Waals surface area contributed by atoms with Gasteiger partial charge < -0.3 is 19.8 Å². The molecule has 0 bridgehead atoms. The minimum atomic E-state index is -0.799. The van der Waals surface area contributed by atoms with E-state index in [1.165, 1.54) is 0 Å². The number of benzene rings is 1. The molecule has 1 aromatic carbocycles. The van der Waals surface area contributed by atoms with Gasteiger partial charge in [0.25, 0.3) is 0 Å². The van der Waals surface area contributed by atoms with Crippen LogP contribution in [0.1, 0.15) is 63.5 Å². The number of likely N-dealkylation sites (tertiary alicyclic amines) is 1. The molecule has 1 amide bonds. The number of hydrogen-bond donors (Lipinski definition) is 2. The van der Waals surface area contributed by atoms with Gasteiger partial charge in [-0.3, -0.25) is 4.79 Å². The molecule has 1 saturated carbocycles. The number of carbonyl (C=O) groups is 1. The van der Waals surface area contributed by atoms with E-state index in [4.69, 9.17) is 4.74 Å². The Morgan fingerprint density at radius 2 is 1.86 bits per heavy atom. The highest BCUT2D eigenvalue weighted by atomic mass is 16.5. The Morgan fingerprint density at radius 3 is 2.57 bits per heavy atom. The summed E-state index contributed by atoms with van der Waals surface area (Å²) in [6.45, 7) is 3.55. The van der Waals surface area contributed by atoms with Crippen LogP contribution in [0.2, 0.25) is 0 Å². The van der Waals surface area contributed by atoms with Gasteiger partial charge in [0.05, 0.1) is 18.2 Å². The SMILES string of the molecule is C[C@@]12C[C@H](c3ccccc3)N(C(=O)CC3CCOCC3)[C@@H]1CCC[C@@H](O)[C@@H]2O. The molecule has 2 aliphatic heterocycles. The molecule has 5 heteroatoms. The fraction of sp³-hybridized carbons (Fsp3) is 0.696. The van der Waals surface area contributed by atoms with Crippen LogP contribution < -0.4 is 0 Å². The Labute approximate surface area is 167 Å². The van der Waals surface area contributed by atoms with E-state index in [2.05, 4.69) is 24.0 Å². The quantitative estimate of drug-likeness (QED) is 0.836. The molecule has 3 aliphatic rings. The van der Waals surface area contributed by atoms with E-state index in [1.807, 2.05) is 18.2 Å². The maximum absolute atomic E-state index is 13.5. The molecule has 3 fully saturated rings. The lowest BCUT2D eigenvalue weighted by atomic mass is 9.74. The minimum absolute atomic E-state index is 0.0304. The van der Waals surface area contributed by atoms with Crippen molar-refractivity contribution in [2.24, 2.45) is 11.3 Å². The molecule has 28 heavy (non-hydrogen) atoms. The van der Waals surface area contributed by atoms with Crippen molar-refractivity contribution in [3.63, 3.8) is 0 Å². The van der Waals surface area contributed by atoms with Crippen LogP contribution in [-0.4, -0.2) is 52.5 Å². The molecule has 2 saturated heterocycles. The van der Waals surface area contributed by atoms with Gasteiger partial charge in [0.15, 0.2) is 0 Å². The minimum Gasteiger partial charge on any atom is -0.390 e. The van der Waals surface area contributed by atoms with E-state index in [0.29, 0.717) is 25.2 Å². The first-order chi connectivity index (χ1) is 13.5. The zero-order valence-corrected chi connectivity index (χ0v) is 16.8. The Bertz CT molecular complexity index is 674. The molecular formula is C23H33NO4. The van der Waals surface area contributed by atoms with E-state index in [1.54, 1.807) is 0 Å². The van der Waals surface area contributed by atoms with Crippen LogP contribution >= 0.6 is 0 Å². The van der Waals surface area contributed by atoms with E-state index in [9.17, 15) is 15.0 Å². The number of amides is 1. The second-order valence-corrected chi connectivity index (χ2v) is 9.16. The van der Waals surface area contributed by atoms with Crippen LogP contribution in [0.15, 0.2) is 30.3 Å². The highest BCUT2D eigenvalue weighted by molar-refractivity contribution is 5.78. The van der Waals surface area contributed by atoms with Crippen molar-refractivity contribution in [2.75, 3.05) is 13.2 Å². The van der Waals surface area contributed by atoms with Crippen LogP contribution in [-0.2, 0) is 9.53 Å². The third-order valence-corrected chi connectivity index (χ3v) is 7.36. The lowest BCUT2D eigenvalue weighted by Crippen LogP contribution is -2.49. The van der Waals surface area contributed by atoms with Crippen molar-refractivity contribution >= 4 is 5.91 Å². The normalized spacial score (nSPS) is 36.8. The number of aliphatic hydroxyl groups excluding tert-OH is 2. The molecule has 0 radical (unpaired) electrons. The molecule has 5 atom stereocenters. The summed E-state index contributed by atoms with van der Waals surface area (Å²) in [5, 5.41) is 21.4. The highest BCUT2D eigenvalue weighted by Crippen LogP contribution is 2.53. The molecule has 0 spiro atoms. The van der Waals surface area contributed by atoms with E-state index >= 15 is 0 Å². The molecule has 0 aromatic heterocycles. The van der Waals surface area contributed by atoms with Gasteiger partial charge in [-0.1, -0.05) is 37.3 Å². The monoisotopic (exact) mass is 387 g/mol. The van der Waals surface area contributed by atoms with E-state index in [-0.39, 0.29) is 18.0 Å². The van der Waals surface area contributed by atoms with Crippen LogP contribution in [0.3, 0.4) is 0 Å². The van der Waals surface area contributed by atoms with Gasteiger partial charge in [0, 0.05) is 31.1 Å². The third-order valence-electron chi connectivity index (χ3n) is 7.36. The average molecular weight is 388 g/mol. The van der Waals surface area contributed by atoms with Crippen LogP contribution in [0, 0.1) is 11.3 Å². The molecule has 1 aliphatic carbocycles. The first-order valence-corrected chi connectivity index (χ1v) is 10.8. The predicted octanol–water partition coefficient (Wildman–Crippen LogP) is 3.06. The third kappa shape index (κ3) is 3.60.